The topological polar surface area (TPSA) is 44.5 Å². The molecule has 78 valence electrons. The second kappa shape index (κ2) is 3.90. The summed E-state index contributed by atoms with van der Waals surface area (Å²) in [6, 6.07) is 3.99. The average Bonchev–Trinajstić information content (AvgIpc) is 2.58. The van der Waals surface area contributed by atoms with E-state index in [0.29, 0.717) is 13.2 Å². The van der Waals surface area contributed by atoms with Crippen molar-refractivity contribution in [1.29, 1.82) is 0 Å². The largest absolute Gasteiger partial charge is 0.344 e. The standard InChI is InChI=1S/C9H12BrNO2S/c1-9(7-2-3-8(10)14-7)12-4-6(11)5-13-9/h2-3,6H,4-5,11H2,1H3. The van der Waals surface area contributed by atoms with Gasteiger partial charge in [0, 0.05) is 0 Å². The van der Waals surface area contributed by atoms with Gasteiger partial charge in [0.25, 0.3) is 0 Å². The molecule has 0 aliphatic carbocycles. The maximum absolute atomic E-state index is 5.68. The molecule has 14 heavy (non-hydrogen) atoms. The van der Waals surface area contributed by atoms with Crippen molar-refractivity contribution < 1.29 is 9.47 Å². The fourth-order valence-corrected chi connectivity index (χ4v) is 2.76. The first kappa shape index (κ1) is 10.6. The predicted molar refractivity (Wildman–Crippen MR) is 59.3 cm³/mol. The van der Waals surface area contributed by atoms with Crippen LogP contribution in [0.5, 0.6) is 0 Å². The second-order valence-electron chi connectivity index (χ2n) is 3.43. The molecule has 3 nitrogen and oxygen atoms in total. The molecule has 2 N–H and O–H groups in total. The molecule has 1 aliphatic rings. The lowest BCUT2D eigenvalue weighted by Gasteiger charge is -2.35. The number of ether oxygens (including phenoxy) is 2. The third-order valence-electron chi connectivity index (χ3n) is 2.17. The van der Waals surface area contributed by atoms with Crippen LogP contribution < -0.4 is 5.73 Å². The molecule has 1 fully saturated rings. The molecule has 1 aromatic heterocycles. The van der Waals surface area contributed by atoms with E-state index in [0.717, 1.165) is 8.66 Å². The highest BCUT2D eigenvalue weighted by molar-refractivity contribution is 9.11. The smallest absolute Gasteiger partial charge is 0.201 e. The van der Waals surface area contributed by atoms with Crippen LogP contribution in [0.4, 0.5) is 0 Å². The molecule has 0 amide bonds. The van der Waals surface area contributed by atoms with Gasteiger partial charge in [0.1, 0.15) is 0 Å². The van der Waals surface area contributed by atoms with E-state index in [2.05, 4.69) is 15.9 Å². The van der Waals surface area contributed by atoms with Gasteiger partial charge in [-0.25, -0.2) is 0 Å². The van der Waals surface area contributed by atoms with E-state index >= 15 is 0 Å². The number of thiophene rings is 1. The lowest BCUT2D eigenvalue weighted by atomic mass is 10.2. The van der Waals surface area contributed by atoms with Gasteiger partial charge in [0.15, 0.2) is 0 Å². The van der Waals surface area contributed by atoms with Crippen LogP contribution in [0.15, 0.2) is 15.9 Å². The van der Waals surface area contributed by atoms with E-state index in [1.165, 1.54) is 0 Å². The molecule has 0 atom stereocenters. The molecule has 0 radical (unpaired) electrons. The van der Waals surface area contributed by atoms with Crippen molar-refractivity contribution in [3.8, 4) is 0 Å². The van der Waals surface area contributed by atoms with Gasteiger partial charge in [-0.1, -0.05) is 0 Å². The van der Waals surface area contributed by atoms with Crippen molar-refractivity contribution in [2.45, 2.75) is 18.8 Å². The zero-order valence-corrected chi connectivity index (χ0v) is 10.2. The summed E-state index contributed by atoms with van der Waals surface area (Å²) in [4.78, 5) is 1.07. The Bertz CT molecular complexity index is 320. The molecule has 2 rings (SSSR count). The minimum absolute atomic E-state index is 0.00789. The third kappa shape index (κ3) is 2.01. The molecule has 1 aromatic rings. The molecular weight excluding hydrogens is 266 g/mol. The number of rotatable bonds is 1. The first-order valence-corrected chi connectivity index (χ1v) is 6.00. The van der Waals surface area contributed by atoms with Gasteiger partial charge in [-0.05, 0) is 35.0 Å². The highest BCUT2D eigenvalue weighted by Gasteiger charge is 2.34. The molecule has 0 bridgehead atoms. The van der Waals surface area contributed by atoms with Crippen LogP contribution in [0, 0.1) is 0 Å². The van der Waals surface area contributed by atoms with Crippen LogP contribution in [0.2, 0.25) is 0 Å². The van der Waals surface area contributed by atoms with Crippen molar-refractivity contribution in [3.63, 3.8) is 0 Å². The van der Waals surface area contributed by atoms with Gasteiger partial charge in [-0.15, -0.1) is 11.3 Å². The van der Waals surface area contributed by atoms with Gasteiger partial charge in [0.2, 0.25) is 5.79 Å². The Labute approximate surface area is 95.3 Å². The first-order valence-electron chi connectivity index (χ1n) is 4.39. The molecule has 1 saturated heterocycles. The Morgan fingerprint density at radius 2 is 2.14 bits per heavy atom. The fourth-order valence-electron chi connectivity index (χ4n) is 1.32. The minimum atomic E-state index is -0.618. The molecule has 0 aromatic carbocycles. The van der Waals surface area contributed by atoms with Crippen molar-refractivity contribution in [2.24, 2.45) is 5.73 Å². The molecular formula is C9H12BrNO2S. The summed E-state index contributed by atoms with van der Waals surface area (Å²) in [6.45, 7) is 3.02. The first-order chi connectivity index (χ1) is 6.60. The van der Waals surface area contributed by atoms with Crippen molar-refractivity contribution in [2.75, 3.05) is 13.2 Å². The quantitative estimate of drug-likeness (QED) is 0.855. The summed E-state index contributed by atoms with van der Waals surface area (Å²) in [5.41, 5.74) is 5.68. The van der Waals surface area contributed by atoms with Crippen LogP contribution in [-0.2, 0) is 15.3 Å². The van der Waals surface area contributed by atoms with Crippen molar-refractivity contribution in [1.82, 2.24) is 0 Å². The van der Waals surface area contributed by atoms with Crippen molar-refractivity contribution in [3.05, 3.63) is 20.8 Å². The van der Waals surface area contributed by atoms with Gasteiger partial charge >= 0.3 is 0 Å². The molecule has 0 saturated carbocycles. The average molecular weight is 278 g/mol. The van der Waals surface area contributed by atoms with Crippen LogP contribution in [0.25, 0.3) is 0 Å². The Morgan fingerprint density at radius 3 is 2.64 bits per heavy atom. The van der Waals surface area contributed by atoms with Crippen LogP contribution in [0.1, 0.15) is 11.8 Å². The van der Waals surface area contributed by atoms with Gasteiger partial charge in [0.05, 0.1) is 27.9 Å². The summed E-state index contributed by atoms with van der Waals surface area (Å²) in [5, 5.41) is 0. The summed E-state index contributed by atoms with van der Waals surface area (Å²) >= 11 is 5.04. The number of nitrogens with two attached hydrogens (primary N) is 1. The lowest BCUT2D eigenvalue weighted by Crippen LogP contribution is -2.45. The monoisotopic (exact) mass is 277 g/mol. The summed E-state index contributed by atoms with van der Waals surface area (Å²) < 4.78 is 12.3. The van der Waals surface area contributed by atoms with Crippen molar-refractivity contribution >= 4 is 27.3 Å². The maximum atomic E-state index is 5.68. The Morgan fingerprint density at radius 1 is 1.50 bits per heavy atom. The zero-order chi connectivity index (χ0) is 10.2. The number of hydrogen-bond donors (Lipinski definition) is 1. The van der Waals surface area contributed by atoms with E-state index in [-0.39, 0.29) is 6.04 Å². The molecule has 0 spiro atoms. The Hall–Kier alpha value is 0.0600. The Kier molecular flexibility index (Phi) is 2.95. The maximum Gasteiger partial charge on any atom is 0.201 e. The molecule has 5 heteroatoms. The van der Waals surface area contributed by atoms with Gasteiger partial charge in [-0.3, -0.25) is 0 Å². The van der Waals surface area contributed by atoms with Crippen LogP contribution >= 0.6 is 27.3 Å². The highest BCUT2D eigenvalue weighted by atomic mass is 79.9. The summed E-state index contributed by atoms with van der Waals surface area (Å²) in [7, 11) is 0. The van der Waals surface area contributed by atoms with E-state index in [1.54, 1.807) is 11.3 Å². The number of halogens is 1. The minimum Gasteiger partial charge on any atom is -0.344 e. The third-order valence-corrected chi connectivity index (χ3v) is 3.97. The van der Waals surface area contributed by atoms with E-state index < -0.39 is 5.79 Å². The highest BCUT2D eigenvalue weighted by Crippen LogP contribution is 2.36. The summed E-state index contributed by atoms with van der Waals surface area (Å²) in [5.74, 6) is -0.618. The van der Waals surface area contributed by atoms with E-state index in [9.17, 15) is 0 Å². The normalized spacial score (nSPS) is 33.2. The van der Waals surface area contributed by atoms with E-state index in [4.69, 9.17) is 15.2 Å². The lowest BCUT2D eigenvalue weighted by molar-refractivity contribution is -0.268. The van der Waals surface area contributed by atoms with E-state index in [1.807, 2.05) is 19.1 Å². The fraction of sp³-hybridized carbons (Fsp3) is 0.556. The van der Waals surface area contributed by atoms with Crippen LogP contribution in [0.3, 0.4) is 0 Å². The van der Waals surface area contributed by atoms with Crippen LogP contribution in [-0.4, -0.2) is 19.3 Å². The number of hydrogen-bond acceptors (Lipinski definition) is 4. The zero-order valence-electron chi connectivity index (χ0n) is 7.83. The van der Waals surface area contributed by atoms with Gasteiger partial charge < -0.3 is 15.2 Å². The SMILES string of the molecule is CC1(c2ccc(Br)s2)OCC(N)CO1. The predicted octanol–water partition coefficient (Wildman–Crippen LogP) is 2.06. The molecule has 1 aliphatic heterocycles. The van der Waals surface area contributed by atoms with Gasteiger partial charge in [-0.2, -0.15) is 0 Å². The molecule has 2 heterocycles. The Balaban J connectivity index is 2.16. The second-order valence-corrected chi connectivity index (χ2v) is 5.89. The molecule has 0 unspecified atom stereocenters. The summed E-state index contributed by atoms with van der Waals surface area (Å²) in [6.07, 6.45) is 0.